The summed E-state index contributed by atoms with van der Waals surface area (Å²) in [5.41, 5.74) is 1.98. The molecule has 11 heteroatoms. The number of halogens is 3. The molecule has 0 aliphatic carbocycles. The molecule has 0 fully saturated rings. The molecule has 0 saturated carbocycles. The summed E-state index contributed by atoms with van der Waals surface area (Å²) in [6.07, 6.45) is 1.75. The van der Waals surface area contributed by atoms with Crippen LogP contribution in [0, 0.1) is 3.57 Å². The van der Waals surface area contributed by atoms with Crippen molar-refractivity contribution in [1.29, 1.82) is 0 Å². The number of benzene rings is 2. The number of carbonyl (C=O) groups is 1. The average Bonchev–Trinajstić information content (AvgIpc) is 3.10. The quantitative estimate of drug-likeness (QED) is 0.305. The molecule has 0 spiro atoms. The fraction of sp³-hybridized carbons (Fsp3) is 0.208. The molecule has 3 aromatic rings. The Labute approximate surface area is 235 Å². The van der Waals surface area contributed by atoms with Gasteiger partial charge in [0.05, 0.1) is 48.1 Å². The highest BCUT2D eigenvalue weighted by Crippen LogP contribution is 2.35. The molecule has 4 rings (SSSR count). The maximum Gasteiger partial charge on any atom is 0.338 e. The van der Waals surface area contributed by atoms with Gasteiger partial charge in [0.2, 0.25) is 0 Å². The summed E-state index contributed by atoms with van der Waals surface area (Å²) < 4.78 is 14.5. The van der Waals surface area contributed by atoms with Crippen molar-refractivity contribution in [2.75, 3.05) is 13.7 Å². The van der Waals surface area contributed by atoms with Gasteiger partial charge in [0.15, 0.2) is 4.80 Å². The molecule has 0 bridgehead atoms. The number of esters is 1. The Bertz CT molecular complexity index is 1540. The van der Waals surface area contributed by atoms with Crippen molar-refractivity contribution >= 4 is 77.8 Å². The lowest BCUT2D eigenvalue weighted by Gasteiger charge is -2.25. The first-order valence-corrected chi connectivity index (χ1v) is 13.9. The van der Waals surface area contributed by atoms with E-state index in [1.807, 2.05) is 34.7 Å². The topological polar surface area (TPSA) is 90.1 Å². The van der Waals surface area contributed by atoms with Crippen LogP contribution in [0.1, 0.15) is 31.0 Å². The van der Waals surface area contributed by atoms with Crippen molar-refractivity contribution in [3.63, 3.8) is 0 Å². The summed E-state index contributed by atoms with van der Waals surface area (Å²) in [7, 11) is 1.57. The first-order valence-electron chi connectivity index (χ1n) is 10.4. The molecule has 35 heavy (non-hydrogen) atoms. The minimum atomic E-state index is -0.721. The van der Waals surface area contributed by atoms with Crippen LogP contribution in [0.4, 0.5) is 0 Å². The van der Waals surface area contributed by atoms with E-state index in [1.165, 1.54) is 15.9 Å². The lowest BCUT2D eigenvalue weighted by molar-refractivity contribution is -0.139. The fourth-order valence-corrected chi connectivity index (χ4v) is 6.88. The van der Waals surface area contributed by atoms with Gasteiger partial charge in [-0.25, -0.2) is 9.79 Å². The summed E-state index contributed by atoms with van der Waals surface area (Å²) in [6.45, 7) is 3.68. The number of methoxy groups -OCH3 is 1. The Hall–Kier alpha value is -1.96. The van der Waals surface area contributed by atoms with Crippen LogP contribution in [0.15, 0.2) is 60.3 Å². The van der Waals surface area contributed by atoms with E-state index < -0.39 is 12.0 Å². The van der Waals surface area contributed by atoms with Crippen molar-refractivity contribution < 1.29 is 19.4 Å². The van der Waals surface area contributed by atoms with E-state index in [9.17, 15) is 14.7 Å². The molecule has 0 amide bonds. The number of rotatable bonds is 5. The minimum absolute atomic E-state index is 0.143. The van der Waals surface area contributed by atoms with Crippen molar-refractivity contribution in [1.82, 2.24) is 4.57 Å². The minimum Gasteiger partial charge on any atom is -0.506 e. The van der Waals surface area contributed by atoms with Crippen molar-refractivity contribution in [3.8, 4) is 11.5 Å². The lowest BCUT2D eigenvalue weighted by atomic mass is 9.96. The summed E-state index contributed by atoms with van der Waals surface area (Å²) in [6, 6.07) is 8.24. The molecule has 2 heterocycles. The molecule has 1 N–H and O–H groups in total. The van der Waals surface area contributed by atoms with Crippen LogP contribution in [0.2, 0.25) is 0 Å². The number of thiazole rings is 1. The number of phenolic OH excluding ortho intramolecular Hbond substituents is 1. The number of carbonyl (C=O) groups excluding carboxylic acids is 1. The molecule has 0 saturated heterocycles. The molecule has 1 aliphatic heterocycles. The highest BCUT2D eigenvalue weighted by Gasteiger charge is 2.33. The van der Waals surface area contributed by atoms with Crippen molar-refractivity contribution in [2.45, 2.75) is 19.9 Å². The number of hydrogen-bond acceptors (Lipinski definition) is 7. The summed E-state index contributed by atoms with van der Waals surface area (Å²) in [4.78, 5) is 31.8. The van der Waals surface area contributed by atoms with Crippen LogP contribution in [0.5, 0.6) is 11.5 Å². The Morgan fingerprint density at radius 3 is 2.66 bits per heavy atom. The SMILES string of the molecule is CCOC(=O)C1=C(C)N=c2s/c(=C/c3cc(Br)c(O)c(I)c3)c(=O)n2[C@@H]1c1ccc(OC)c(Br)c1. The van der Waals surface area contributed by atoms with Crippen LogP contribution in [0.25, 0.3) is 6.08 Å². The van der Waals surface area contributed by atoms with Crippen LogP contribution in [-0.2, 0) is 9.53 Å². The van der Waals surface area contributed by atoms with E-state index in [2.05, 4.69) is 36.9 Å². The molecule has 1 aliphatic rings. The van der Waals surface area contributed by atoms with Gasteiger partial charge in [-0.3, -0.25) is 9.36 Å². The molecule has 7 nitrogen and oxygen atoms in total. The zero-order valence-electron chi connectivity index (χ0n) is 18.8. The highest BCUT2D eigenvalue weighted by atomic mass is 127. The maximum absolute atomic E-state index is 13.7. The number of allylic oxidation sites excluding steroid dienone is 1. The molecule has 0 unspecified atom stereocenters. The number of fused-ring (bicyclic) bond motifs is 1. The smallest absolute Gasteiger partial charge is 0.338 e. The van der Waals surface area contributed by atoms with Crippen LogP contribution < -0.4 is 19.6 Å². The van der Waals surface area contributed by atoms with Gasteiger partial charge < -0.3 is 14.6 Å². The average molecular weight is 734 g/mol. The standard InChI is InChI=1S/C24H19Br2IN2O5S/c1-4-34-23(32)19-11(2)28-24-29(20(19)13-5-6-17(33-3)14(25)10-13)22(31)18(35-24)9-12-7-15(26)21(30)16(27)8-12/h5-10,20,30H,4H2,1-3H3/b18-9+/t20-/m1/s1. The lowest BCUT2D eigenvalue weighted by Crippen LogP contribution is -2.40. The van der Waals surface area contributed by atoms with Gasteiger partial charge in [-0.05, 0) is 110 Å². The Kier molecular flexibility index (Phi) is 7.89. The normalized spacial score (nSPS) is 15.6. The first-order chi connectivity index (χ1) is 16.7. The van der Waals surface area contributed by atoms with Gasteiger partial charge in [-0.1, -0.05) is 17.4 Å². The van der Waals surface area contributed by atoms with Gasteiger partial charge in [0, 0.05) is 0 Å². The maximum atomic E-state index is 13.7. The van der Waals surface area contributed by atoms with Gasteiger partial charge >= 0.3 is 5.97 Å². The number of nitrogens with zero attached hydrogens (tertiary/aromatic N) is 2. The van der Waals surface area contributed by atoms with Crippen LogP contribution in [0.3, 0.4) is 0 Å². The summed E-state index contributed by atoms with van der Waals surface area (Å²) >= 11 is 10.1. The van der Waals surface area contributed by atoms with Crippen LogP contribution in [-0.4, -0.2) is 29.4 Å². The predicted molar refractivity (Wildman–Crippen MR) is 150 cm³/mol. The summed E-state index contributed by atoms with van der Waals surface area (Å²) in [5, 5.41) is 10.1. The van der Waals surface area contributed by atoms with Gasteiger partial charge in [0.25, 0.3) is 5.56 Å². The van der Waals surface area contributed by atoms with E-state index in [0.717, 1.165) is 5.56 Å². The number of hydrogen-bond donors (Lipinski definition) is 1. The predicted octanol–water partition coefficient (Wildman–Crippen LogP) is 4.64. The largest absolute Gasteiger partial charge is 0.506 e. The third kappa shape index (κ3) is 5.00. The van der Waals surface area contributed by atoms with E-state index in [1.54, 1.807) is 45.2 Å². The van der Waals surface area contributed by atoms with E-state index >= 15 is 0 Å². The molecule has 1 atom stereocenters. The molecule has 0 radical (unpaired) electrons. The monoisotopic (exact) mass is 732 g/mol. The molecule has 182 valence electrons. The number of aromatic hydroxyl groups is 1. The van der Waals surface area contributed by atoms with Gasteiger partial charge in [-0.15, -0.1) is 0 Å². The van der Waals surface area contributed by atoms with Gasteiger partial charge in [-0.2, -0.15) is 0 Å². The second-order valence-corrected chi connectivity index (χ2v) is 11.4. The van der Waals surface area contributed by atoms with E-state index in [-0.39, 0.29) is 17.9 Å². The van der Waals surface area contributed by atoms with Crippen molar-refractivity contribution in [2.24, 2.45) is 4.99 Å². The summed E-state index contributed by atoms with van der Waals surface area (Å²) in [5.74, 6) is 0.257. The second-order valence-electron chi connectivity index (χ2n) is 7.53. The van der Waals surface area contributed by atoms with E-state index in [4.69, 9.17) is 9.47 Å². The molecule has 2 aromatic carbocycles. The Balaban J connectivity index is 1.97. The molecule has 1 aromatic heterocycles. The zero-order valence-corrected chi connectivity index (χ0v) is 24.9. The van der Waals surface area contributed by atoms with E-state index in [0.29, 0.717) is 44.4 Å². The van der Waals surface area contributed by atoms with Crippen LogP contribution >= 0.6 is 65.8 Å². The third-order valence-corrected chi connectivity index (χ3v) is 8.38. The Morgan fingerprint density at radius 2 is 2.03 bits per heavy atom. The highest BCUT2D eigenvalue weighted by molar-refractivity contribution is 14.1. The van der Waals surface area contributed by atoms with Gasteiger partial charge in [0.1, 0.15) is 11.5 Å². The molecular weight excluding hydrogens is 715 g/mol. The number of aromatic nitrogens is 1. The fourth-order valence-electron chi connectivity index (χ4n) is 3.78. The second kappa shape index (κ2) is 10.6. The zero-order chi connectivity index (χ0) is 25.4. The third-order valence-electron chi connectivity index (χ3n) is 5.35. The Morgan fingerprint density at radius 1 is 1.29 bits per heavy atom. The van der Waals surface area contributed by atoms with Crippen molar-refractivity contribution in [3.05, 3.63) is 84.9 Å². The first kappa shape index (κ1) is 26.1. The number of phenols is 1. The molecular formula is C24H19Br2IN2O5S. The number of ether oxygens (including phenoxy) is 2.